The summed E-state index contributed by atoms with van der Waals surface area (Å²) >= 11 is 0. The number of esters is 2. The third-order valence-electron chi connectivity index (χ3n) is 9.51. The van der Waals surface area contributed by atoms with Crippen molar-refractivity contribution < 1.29 is 19.1 Å². The Labute approximate surface area is 337 Å². The van der Waals surface area contributed by atoms with Gasteiger partial charge < -0.3 is 20.9 Å². The average molecular weight is 784 g/mol. The van der Waals surface area contributed by atoms with Crippen LogP contribution in [0.3, 0.4) is 0 Å². The van der Waals surface area contributed by atoms with Crippen molar-refractivity contribution in [3.63, 3.8) is 0 Å². The van der Waals surface area contributed by atoms with E-state index in [1.807, 2.05) is 0 Å². The quantitative estimate of drug-likeness (QED) is 0.0484. The lowest BCUT2D eigenvalue weighted by Gasteiger charge is -2.16. The molecule has 6 nitrogen and oxygen atoms in total. The fourth-order valence-corrected chi connectivity index (χ4v) is 6.00. The van der Waals surface area contributed by atoms with Crippen molar-refractivity contribution in [3.8, 4) is 0 Å². The molecule has 0 heterocycles. The van der Waals surface area contributed by atoms with Gasteiger partial charge in [0.25, 0.3) is 0 Å². The summed E-state index contributed by atoms with van der Waals surface area (Å²) in [6.07, 6.45) is 43.2. The first-order chi connectivity index (χ1) is 24.0. The van der Waals surface area contributed by atoms with Gasteiger partial charge in [-0.15, -0.1) is 24.8 Å². The maximum atomic E-state index is 11.5. The van der Waals surface area contributed by atoms with Crippen LogP contribution in [0.25, 0.3) is 0 Å². The molecule has 0 aliphatic rings. The second kappa shape index (κ2) is 43.2. The second-order valence-corrected chi connectivity index (χ2v) is 16.3. The summed E-state index contributed by atoms with van der Waals surface area (Å²) in [5.41, 5.74) is 9.62. The highest BCUT2D eigenvalue weighted by atomic mass is 35.5. The second-order valence-electron chi connectivity index (χ2n) is 16.3. The largest absolute Gasteiger partial charge is 0.464 e. The highest BCUT2D eigenvalue weighted by molar-refractivity contribution is 5.85. The third kappa shape index (κ3) is 47.5. The van der Waals surface area contributed by atoms with E-state index < -0.39 is 11.1 Å². The first kappa shape index (κ1) is 58.2. The van der Waals surface area contributed by atoms with Crippen molar-refractivity contribution in [1.82, 2.24) is 0 Å². The highest BCUT2D eigenvalue weighted by Crippen LogP contribution is 2.15. The Kier molecular flexibility index (Phi) is 48.3. The molecule has 0 aliphatic heterocycles. The molecule has 0 aromatic heterocycles. The van der Waals surface area contributed by atoms with E-state index in [1.54, 1.807) is 27.7 Å². The van der Waals surface area contributed by atoms with Gasteiger partial charge in [0.05, 0.1) is 13.2 Å². The van der Waals surface area contributed by atoms with E-state index in [-0.39, 0.29) is 36.8 Å². The molecule has 0 spiro atoms. The van der Waals surface area contributed by atoms with Crippen LogP contribution in [0.4, 0.5) is 0 Å². The van der Waals surface area contributed by atoms with Crippen LogP contribution in [0.15, 0.2) is 0 Å². The Balaban J connectivity index is -0.000000427. The lowest BCUT2D eigenvalue weighted by molar-refractivity contribution is -0.149. The average Bonchev–Trinajstić information content (AvgIpc) is 3.06. The number of hydrogen-bond acceptors (Lipinski definition) is 6. The highest BCUT2D eigenvalue weighted by Gasteiger charge is 2.24. The SMILES string of the molecule is CCCCCCCCCCCCCCCCCCOC(=O)C(C)(C)N.CCCCCCCCCCCCCCCCCCOC(=O)C(C)(C)N.Cl.Cl. The van der Waals surface area contributed by atoms with Crippen molar-refractivity contribution in [2.75, 3.05) is 13.2 Å². The van der Waals surface area contributed by atoms with Gasteiger partial charge in [-0.05, 0) is 40.5 Å². The molecule has 0 unspecified atom stereocenters. The van der Waals surface area contributed by atoms with Crippen LogP contribution in [0.1, 0.15) is 247 Å². The van der Waals surface area contributed by atoms with E-state index in [1.165, 1.54) is 180 Å². The Morgan fingerprint density at radius 3 is 0.654 bits per heavy atom. The molecule has 0 aliphatic carbocycles. The molecule has 0 atom stereocenters. The van der Waals surface area contributed by atoms with Gasteiger partial charge in [-0.25, -0.2) is 0 Å². The van der Waals surface area contributed by atoms with Gasteiger partial charge in [0, 0.05) is 0 Å². The summed E-state index contributed by atoms with van der Waals surface area (Å²) in [6, 6.07) is 0. The number of carbonyl (C=O) groups is 2. The molecule has 316 valence electrons. The van der Waals surface area contributed by atoms with Gasteiger partial charge in [-0.1, -0.05) is 206 Å². The van der Waals surface area contributed by atoms with Gasteiger partial charge >= 0.3 is 11.9 Å². The molecule has 0 aromatic carbocycles. The zero-order valence-electron chi connectivity index (χ0n) is 35.6. The van der Waals surface area contributed by atoms with Gasteiger partial charge in [0.2, 0.25) is 0 Å². The molecule has 0 saturated carbocycles. The van der Waals surface area contributed by atoms with E-state index in [0.717, 1.165) is 25.7 Å². The molecule has 8 heteroatoms. The van der Waals surface area contributed by atoms with E-state index in [9.17, 15) is 9.59 Å². The van der Waals surface area contributed by atoms with Crippen LogP contribution in [0.5, 0.6) is 0 Å². The summed E-state index contributed by atoms with van der Waals surface area (Å²) in [7, 11) is 0. The van der Waals surface area contributed by atoms with E-state index >= 15 is 0 Å². The van der Waals surface area contributed by atoms with Crippen molar-refractivity contribution >= 4 is 36.8 Å². The van der Waals surface area contributed by atoms with Gasteiger partial charge in [-0.2, -0.15) is 0 Å². The summed E-state index contributed by atoms with van der Waals surface area (Å²) in [5.74, 6) is -0.595. The van der Waals surface area contributed by atoms with Crippen molar-refractivity contribution in [2.24, 2.45) is 11.5 Å². The summed E-state index contributed by atoms with van der Waals surface area (Å²) in [5, 5.41) is 0. The first-order valence-corrected chi connectivity index (χ1v) is 21.9. The minimum atomic E-state index is -0.866. The van der Waals surface area contributed by atoms with Gasteiger partial charge in [0.1, 0.15) is 11.1 Å². The van der Waals surface area contributed by atoms with E-state index in [4.69, 9.17) is 20.9 Å². The summed E-state index contributed by atoms with van der Waals surface area (Å²) in [6.45, 7) is 12.3. The predicted octanol–water partition coefficient (Wildman–Crippen LogP) is 13.9. The Bertz CT molecular complexity index is 666. The maximum Gasteiger partial charge on any atom is 0.325 e. The van der Waals surface area contributed by atoms with Gasteiger partial charge in [0.15, 0.2) is 0 Å². The van der Waals surface area contributed by atoms with Crippen LogP contribution in [-0.2, 0) is 19.1 Å². The third-order valence-corrected chi connectivity index (χ3v) is 9.51. The summed E-state index contributed by atoms with van der Waals surface area (Å²) < 4.78 is 10.3. The number of rotatable bonds is 36. The van der Waals surface area contributed by atoms with Crippen LogP contribution < -0.4 is 11.5 Å². The molecule has 0 rings (SSSR count). The zero-order chi connectivity index (χ0) is 37.6. The van der Waals surface area contributed by atoms with Crippen molar-refractivity contribution in [1.29, 1.82) is 0 Å². The van der Waals surface area contributed by atoms with Crippen LogP contribution in [-0.4, -0.2) is 36.2 Å². The molecule has 0 aromatic rings. The van der Waals surface area contributed by atoms with Crippen molar-refractivity contribution in [2.45, 2.75) is 258 Å². The number of halogens is 2. The van der Waals surface area contributed by atoms with Gasteiger partial charge in [-0.3, -0.25) is 9.59 Å². The minimum absolute atomic E-state index is 0. The Morgan fingerprint density at radius 2 is 0.500 bits per heavy atom. The monoisotopic (exact) mass is 783 g/mol. The first-order valence-electron chi connectivity index (χ1n) is 21.9. The smallest absolute Gasteiger partial charge is 0.325 e. The minimum Gasteiger partial charge on any atom is -0.464 e. The van der Waals surface area contributed by atoms with Crippen LogP contribution in [0, 0.1) is 0 Å². The van der Waals surface area contributed by atoms with Crippen LogP contribution in [0.2, 0.25) is 0 Å². The fourth-order valence-electron chi connectivity index (χ4n) is 6.00. The standard InChI is InChI=1S/2C22H45NO2.2ClH/c2*1-4-5-6-7-8-9-10-11-12-13-14-15-16-17-18-19-20-25-21(24)22(2,3)23;;/h2*4-20,23H2,1-3H3;2*1H. The lowest BCUT2D eigenvalue weighted by Crippen LogP contribution is -2.42. The number of nitrogens with two attached hydrogens (primary N) is 2. The van der Waals surface area contributed by atoms with E-state index in [0.29, 0.717) is 13.2 Å². The summed E-state index contributed by atoms with van der Waals surface area (Å²) in [4.78, 5) is 23.0. The molecule has 0 saturated heterocycles. The molecule has 0 amide bonds. The fraction of sp³-hybridized carbons (Fsp3) is 0.955. The molecule has 52 heavy (non-hydrogen) atoms. The molecule has 0 fully saturated rings. The molecule has 0 radical (unpaired) electrons. The van der Waals surface area contributed by atoms with Crippen LogP contribution >= 0.6 is 24.8 Å². The number of unbranched alkanes of at least 4 members (excludes halogenated alkanes) is 30. The number of hydrogen-bond donors (Lipinski definition) is 2. The number of carbonyl (C=O) groups excluding carboxylic acids is 2. The molecule has 4 N–H and O–H groups in total. The normalized spacial score (nSPS) is 11.2. The topological polar surface area (TPSA) is 105 Å². The molecule has 0 bridgehead atoms. The molecular formula is C44H92Cl2N2O4. The zero-order valence-corrected chi connectivity index (χ0v) is 37.3. The lowest BCUT2D eigenvalue weighted by atomic mass is 10.0. The number of ether oxygens (including phenoxy) is 2. The maximum absolute atomic E-state index is 11.5. The Morgan fingerprint density at radius 1 is 0.346 bits per heavy atom. The van der Waals surface area contributed by atoms with E-state index in [2.05, 4.69) is 13.8 Å². The predicted molar refractivity (Wildman–Crippen MR) is 232 cm³/mol. The van der Waals surface area contributed by atoms with Crippen molar-refractivity contribution in [3.05, 3.63) is 0 Å². The molecular weight excluding hydrogens is 691 g/mol. The Hall–Kier alpha value is -0.560.